The average molecular weight is 233 g/mol. The van der Waals surface area contributed by atoms with Crippen molar-refractivity contribution < 1.29 is 9.90 Å². The van der Waals surface area contributed by atoms with E-state index in [1.165, 1.54) is 0 Å². The Morgan fingerprint density at radius 1 is 1.35 bits per heavy atom. The van der Waals surface area contributed by atoms with Crippen LogP contribution in [-0.4, -0.2) is 34.6 Å². The third-order valence-corrected chi connectivity index (χ3v) is 3.18. The topological polar surface area (TPSA) is 40.5 Å². The first-order valence-corrected chi connectivity index (χ1v) is 6.07. The van der Waals surface area contributed by atoms with E-state index in [1.807, 2.05) is 29.2 Å². The summed E-state index contributed by atoms with van der Waals surface area (Å²) in [5.74, 6) is 0.0936. The summed E-state index contributed by atoms with van der Waals surface area (Å²) in [6.45, 7) is 4.92. The first-order valence-electron chi connectivity index (χ1n) is 6.07. The van der Waals surface area contributed by atoms with Crippen molar-refractivity contribution in [2.45, 2.75) is 32.3 Å². The van der Waals surface area contributed by atoms with Crippen molar-refractivity contribution in [1.82, 2.24) is 4.90 Å². The summed E-state index contributed by atoms with van der Waals surface area (Å²) in [6, 6.07) is 7.77. The third-order valence-electron chi connectivity index (χ3n) is 3.18. The molecule has 0 aromatic heterocycles. The number of hydrogen-bond acceptors (Lipinski definition) is 2. The van der Waals surface area contributed by atoms with Gasteiger partial charge in [-0.1, -0.05) is 18.2 Å². The standard InChI is InChI=1S/C14H19NO2/c1-14(2,17)8-10-15-9-7-11-5-3-4-6-12(11)13(15)16/h3-6,17H,7-10H2,1-2H3. The van der Waals surface area contributed by atoms with Gasteiger partial charge < -0.3 is 10.0 Å². The predicted molar refractivity (Wildman–Crippen MR) is 67.0 cm³/mol. The molecule has 0 spiro atoms. The predicted octanol–water partition coefficient (Wildman–Crippen LogP) is 1.85. The van der Waals surface area contributed by atoms with Gasteiger partial charge in [0.15, 0.2) is 0 Å². The Kier molecular flexibility index (Phi) is 3.20. The highest BCUT2D eigenvalue weighted by atomic mass is 16.3. The number of amides is 1. The summed E-state index contributed by atoms with van der Waals surface area (Å²) in [6.07, 6.45) is 1.52. The molecule has 17 heavy (non-hydrogen) atoms. The molecule has 0 atom stereocenters. The number of hydrogen-bond donors (Lipinski definition) is 1. The van der Waals surface area contributed by atoms with Gasteiger partial charge in [0.05, 0.1) is 5.60 Å². The molecule has 1 aromatic rings. The molecule has 0 saturated heterocycles. The molecule has 1 amide bonds. The van der Waals surface area contributed by atoms with Gasteiger partial charge in [-0.05, 0) is 38.3 Å². The Balaban J connectivity index is 2.07. The minimum atomic E-state index is -0.711. The number of benzene rings is 1. The molecule has 0 saturated carbocycles. The van der Waals surface area contributed by atoms with Gasteiger partial charge in [0.2, 0.25) is 0 Å². The van der Waals surface area contributed by atoms with Gasteiger partial charge in [-0.2, -0.15) is 0 Å². The lowest BCUT2D eigenvalue weighted by molar-refractivity contribution is 0.0496. The zero-order chi connectivity index (χ0) is 12.5. The SMILES string of the molecule is CC(C)(O)CCN1CCc2ccccc2C1=O. The number of carbonyl (C=O) groups is 1. The highest BCUT2D eigenvalue weighted by Gasteiger charge is 2.25. The molecule has 3 heteroatoms. The van der Waals surface area contributed by atoms with Crippen LogP contribution in [0.3, 0.4) is 0 Å². The van der Waals surface area contributed by atoms with E-state index in [0.29, 0.717) is 13.0 Å². The van der Waals surface area contributed by atoms with Gasteiger partial charge in [0.25, 0.3) is 5.91 Å². The van der Waals surface area contributed by atoms with Gasteiger partial charge >= 0.3 is 0 Å². The number of aliphatic hydroxyl groups is 1. The van der Waals surface area contributed by atoms with Crippen molar-refractivity contribution in [3.8, 4) is 0 Å². The third kappa shape index (κ3) is 2.86. The highest BCUT2D eigenvalue weighted by Crippen LogP contribution is 2.19. The fourth-order valence-electron chi connectivity index (χ4n) is 2.10. The van der Waals surface area contributed by atoms with Crippen molar-refractivity contribution in [3.63, 3.8) is 0 Å². The number of rotatable bonds is 3. The smallest absolute Gasteiger partial charge is 0.254 e. The molecule has 3 nitrogen and oxygen atoms in total. The normalized spacial score (nSPS) is 15.9. The summed E-state index contributed by atoms with van der Waals surface area (Å²) >= 11 is 0. The maximum Gasteiger partial charge on any atom is 0.254 e. The summed E-state index contributed by atoms with van der Waals surface area (Å²) in [5, 5.41) is 9.69. The van der Waals surface area contributed by atoms with Crippen LogP contribution in [0.4, 0.5) is 0 Å². The lowest BCUT2D eigenvalue weighted by Crippen LogP contribution is -2.40. The summed E-state index contributed by atoms with van der Waals surface area (Å²) in [5.41, 5.74) is 1.24. The van der Waals surface area contributed by atoms with Gasteiger partial charge in [-0.3, -0.25) is 4.79 Å². The Morgan fingerprint density at radius 2 is 2.06 bits per heavy atom. The molecule has 1 aliphatic heterocycles. The lowest BCUT2D eigenvalue weighted by atomic mass is 9.98. The van der Waals surface area contributed by atoms with Crippen LogP contribution >= 0.6 is 0 Å². The molecule has 0 aliphatic carbocycles. The molecule has 2 rings (SSSR count). The van der Waals surface area contributed by atoms with Gasteiger partial charge in [0.1, 0.15) is 0 Å². The van der Waals surface area contributed by atoms with Gasteiger partial charge in [0, 0.05) is 18.7 Å². The van der Waals surface area contributed by atoms with E-state index >= 15 is 0 Å². The van der Waals surface area contributed by atoms with E-state index in [1.54, 1.807) is 13.8 Å². The Bertz CT molecular complexity index is 420. The highest BCUT2D eigenvalue weighted by molar-refractivity contribution is 5.96. The second kappa shape index (κ2) is 4.49. The Labute approximate surface area is 102 Å². The summed E-state index contributed by atoms with van der Waals surface area (Å²) in [4.78, 5) is 14.0. The fraction of sp³-hybridized carbons (Fsp3) is 0.500. The second-order valence-corrected chi connectivity index (χ2v) is 5.26. The van der Waals surface area contributed by atoms with Crippen LogP contribution < -0.4 is 0 Å². The van der Waals surface area contributed by atoms with Crippen LogP contribution in [0.25, 0.3) is 0 Å². The zero-order valence-electron chi connectivity index (χ0n) is 10.4. The number of nitrogens with zero attached hydrogens (tertiary/aromatic N) is 1. The molecular weight excluding hydrogens is 214 g/mol. The van der Waals surface area contributed by atoms with E-state index in [-0.39, 0.29) is 5.91 Å². The van der Waals surface area contributed by atoms with Gasteiger partial charge in [-0.15, -0.1) is 0 Å². The molecule has 1 aromatic carbocycles. The van der Waals surface area contributed by atoms with Crippen LogP contribution in [0.2, 0.25) is 0 Å². The van der Waals surface area contributed by atoms with E-state index in [9.17, 15) is 9.90 Å². The summed E-state index contributed by atoms with van der Waals surface area (Å²) in [7, 11) is 0. The van der Waals surface area contributed by atoms with Crippen molar-refractivity contribution in [2.24, 2.45) is 0 Å². The van der Waals surface area contributed by atoms with Crippen LogP contribution in [-0.2, 0) is 6.42 Å². The largest absolute Gasteiger partial charge is 0.390 e. The molecule has 92 valence electrons. The first kappa shape index (κ1) is 12.1. The van der Waals surface area contributed by atoms with Crippen molar-refractivity contribution in [1.29, 1.82) is 0 Å². The molecule has 1 N–H and O–H groups in total. The quantitative estimate of drug-likeness (QED) is 0.865. The fourth-order valence-corrected chi connectivity index (χ4v) is 2.10. The summed E-state index contributed by atoms with van der Waals surface area (Å²) < 4.78 is 0. The van der Waals surface area contributed by atoms with Crippen LogP contribution in [0.15, 0.2) is 24.3 Å². The Hall–Kier alpha value is -1.35. The van der Waals surface area contributed by atoms with Crippen LogP contribution in [0, 0.1) is 0 Å². The number of fused-ring (bicyclic) bond motifs is 1. The van der Waals surface area contributed by atoms with Crippen molar-refractivity contribution >= 4 is 5.91 Å². The molecule has 0 radical (unpaired) electrons. The van der Waals surface area contributed by atoms with E-state index in [4.69, 9.17) is 0 Å². The number of carbonyl (C=O) groups excluding carboxylic acids is 1. The van der Waals surface area contributed by atoms with Crippen LogP contribution in [0.5, 0.6) is 0 Å². The average Bonchev–Trinajstić information content (AvgIpc) is 2.27. The molecule has 0 unspecified atom stereocenters. The molecule has 1 aliphatic rings. The maximum absolute atomic E-state index is 12.2. The minimum absolute atomic E-state index is 0.0936. The molecule has 1 heterocycles. The molecular formula is C14H19NO2. The van der Waals surface area contributed by atoms with Crippen molar-refractivity contribution in [2.75, 3.05) is 13.1 Å². The first-order chi connectivity index (χ1) is 7.97. The molecule has 0 bridgehead atoms. The lowest BCUT2D eigenvalue weighted by Gasteiger charge is -2.30. The molecule has 0 fully saturated rings. The van der Waals surface area contributed by atoms with E-state index in [2.05, 4.69) is 0 Å². The second-order valence-electron chi connectivity index (χ2n) is 5.26. The Morgan fingerprint density at radius 3 is 2.76 bits per heavy atom. The van der Waals surface area contributed by atoms with E-state index < -0.39 is 5.60 Å². The zero-order valence-corrected chi connectivity index (χ0v) is 10.4. The van der Waals surface area contributed by atoms with E-state index in [0.717, 1.165) is 24.1 Å². The van der Waals surface area contributed by atoms with Crippen LogP contribution in [0.1, 0.15) is 36.2 Å². The van der Waals surface area contributed by atoms with Gasteiger partial charge in [-0.25, -0.2) is 0 Å². The minimum Gasteiger partial charge on any atom is -0.390 e. The maximum atomic E-state index is 12.2. The van der Waals surface area contributed by atoms with Crippen molar-refractivity contribution in [3.05, 3.63) is 35.4 Å². The monoisotopic (exact) mass is 233 g/mol.